The van der Waals surface area contributed by atoms with Crippen molar-refractivity contribution in [1.82, 2.24) is 19.4 Å². The first kappa shape index (κ1) is 27.5. The van der Waals surface area contributed by atoms with Crippen molar-refractivity contribution in [2.75, 3.05) is 32.7 Å². The highest BCUT2D eigenvalue weighted by Crippen LogP contribution is 2.35. The molecular weight excluding hydrogens is 524 g/mol. The van der Waals surface area contributed by atoms with E-state index in [0.717, 1.165) is 0 Å². The summed E-state index contributed by atoms with van der Waals surface area (Å²) < 4.78 is 43.7. The number of hydrogen-bond donors (Lipinski definition) is 0. The van der Waals surface area contributed by atoms with Crippen LogP contribution in [-0.4, -0.2) is 64.2 Å². The van der Waals surface area contributed by atoms with Gasteiger partial charge in [-0.3, -0.25) is 9.69 Å². The molecule has 2 aromatic carbocycles. The number of hydrogen-bond acceptors (Lipinski definition) is 3. The van der Waals surface area contributed by atoms with Gasteiger partial charge in [0.25, 0.3) is 11.8 Å². The molecule has 0 bridgehead atoms. The van der Waals surface area contributed by atoms with Gasteiger partial charge in [-0.05, 0) is 55.3 Å². The zero-order valence-corrected chi connectivity index (χ0v) is 22.5. The summed E-state index contributed by atoms with van der Waals surface area (Å²) in [5.41, 5.74) is 2.46. The highest BCUT2D eigenvalue weighted by molar-refractivity contribution is 6.38. The highest BCUT2D eigenvalue weighted by atomic mass is 35.5. The van der Waals surface area contributed by atoms with Crippen molar-refractivity contribution in [3.05, 3.63) is 75.0 Å². The van der Waals surface area contributed by atoms with Crippen molar-refractivity contribution < 1.29 is 18.0 Å². The fourth-order valence-electron chi connectivity index (χ4n) is 4.72. The number of fused-ring (bicyclic) bond motifs is 1. The van der Waals surface area contributed by atoms with Crippen LogP contribution in [0.4, 0.5) is 13.2 Å². The number of halogens is 5. The van der Waals surface area contributed by atoms with Crippen LogP contribution in [0.3, 0.4) is 0 Å². The average molecular weight is 553 g/mol. The van der Waals surface area contributed by atoms with Crippen molar-refractivity contribution in [2.45, 2.75) is 32.4 Å². The third-order valence-corrected chi connectivity index (χ3v) is 7.62. The molecule has 1 saturated heterocycles. The van der Waals surface area contributed by atoms with Gasteiger partial charge in [-0.25, -0.2) is 9.37 Å². The molecule has 10 heteroatoms. The van der Waals surface area contributed by atoms with Crippen LogP contribution in [0.1, 0.15) is 39.8 Å². The van der Waals surface area contributed by atoms with E-state index in [9.17, 15) is 18.0 Å². The number of nitrogens with zero attached hydrogens (tertiary/aromatic N) is 4. The molecule has 1 atom stereocenters. The smallest absolute Gasteiger partial charge is 0.291 e. The summed E-state index contributed by atoms with van der Waals surface area (Å²) in [4.78, 5) is 21.7. The van der Waals surface area contributed by atoms with Gasteiger partial charge in [0.2, 0.25) is 0 Å². The van der Waals surface area contributed by atoms with E-state index in [1.54, 1.807) is 35.6 Å². The maximum Gasteiger partial charge on any atom is 0.291 e. The van der Waals surface area contributed by atoms with Gasteiger partial charge >= 0.3 is 0 Å². The number of piperazine rings is 1. The Morgan fingerprint density at radius 3 is 2.51 bits per heavy atom. The molecule has 1 fully saturated rings. The van der Waals surface area contributed by atoms with Gasteiger partial charge in [-0.1, -0.05) is 29.8 Å². The highest BCUT2D eigenvalue weighted by Gasteiger charge is 2.29. The summed E-state index contributed by atoms with van der Waals surface area (Å²) in [6, 6.07) is 6.06. The molecule has 2 heterocycles. The van der Waals surface area contributed by atoms with Crippen LogP contribution < -0.4 is 0 Å². The lowest BCUT2D eigenvalue weighted by Gasteiger charge is -2.35. The third kappa shape index (κ3) is 5.52. The molecule has 0 spiro atoms. The van der Waals surface area contributed by atoms with Crippen molar-refractivity contribution >= 4 is 40.1 Å². The molecule has 37 heavy (non-hydrogen) atoms. The van der Waals surface area contributed by atoms with E-state index in [2.05, 4.69) is 11.6 Å². The predicted octanol–water partition coefficient (Wildman–Crippen LogP) is 6.17. The van der Waals surface area contributed by atoms with Crippen LogP contribution in [-0.2, 0) is 19.4 Å². The number of alkyl halides is 3. The van der Waals surface area contributed by atoms with E-state index in [0.29, 0.717) is 77.4 Å². The maximum absolute atomic E-state index is 14.3. The molecule has 0 saturated carbocycles. The van der Waals surface area contributed by atoms with Crippen molar-refractivity contribution in [2.24, 2.45) is 7.05 Å². The normalized spacial score (nSPS) is 15.8. The zero-order chi connectivity index (χ0) is 27.1. The van der Waals surface area contributed by atoms with Crippen LogP contribution in [0.5, 0.6) is 0 Å². The third-order valence-electron chi connectivity index (χ3n) is 6.83. The average Bonchev–Trinajstić information content (AvgIpc) is 3.17. The standard InChI is InChI=1S/C27H29Cl2F3N4O/c1-5-27(31,32)18-12-16(2)25-22(13-18)34(4)23(33-25)14-20-21(28)7-6-19(24(20)29)26(37)36-10-8-35(9-11-36)15-17(3)30/h5-7,12-13,17H,1,8-11,14-15H2,2-4H3. The Morgan fingerprint density at radius 1 is 1.22 bits per heavy atom. The summed E-state index contributed by atoms with van der Waals surface area (Å²) in [5, 5.41) is 0.617. The van der Waals surface area contributed by atoms with E-state index < -0.39 is 12.1 Å². The minimum Gasteiger partial charge on any atom is -0.336 e. The quantitative estimate of drug-likeness (QED) is 0.329. The van der Waals surface area contributed by atoms with Gasteiger partial charge in [-0.15, -0.1) is 0 Å². The van der Waals surface area contributed by atoms with Gasteiger partial charge in [0, 0.05) is 56.8 Å². The topological polar surface area (TPSA) is 41.4 Å². The van der Waals surface area contributed by atoms with E-state index in [4.69, 9.17) is 23.2 Å². The molecule has 1 amide bonds. The molecule has 1 aromatic heterocycles. The Bertz CT molecular complexity index is 1350. The fourth-order valence-corrected chi connectivity index (χ4v) is 5.30. The molecule has 0 N–H and O–H groups in total. The van der Waals surface area contributed by atoms with Crippen LogP contribution >= 0.6 is 23.2 Å². The minimum absolute atomic E-state index is 0.160. The molecule has 198 valence electrons. The second-order valence-electron chi connectivity index (χ2n) is 9.51. The molecule has 5 nitrogen and oxygen atoms in total. The number of aromatic nitrogens is 2. The van der Waals surface area contributed by atoms with Gasteiger partial charge in [0.15, 0.2) is 0 Å². The second kappa shape index (κ2) is 10.7. The number of benzene rings is 2. The Morgan fingerprint density at radius 2 is 1.89 bits per heavy atom. The maximum atomic E-state index is 14.3. The SMILES string of the molecule is C=CC(F)(F)c1cc(C)c2nc(Cc3c(Cl)ccc(C(=O)N4CCN(CC(C)F)CC4)c3Cl)n(C)c2c1. The van der Waals surface area contributed by atoms with Gasteiger partial charge in [-0.2, -0.15) is 8.78 Å². The zero-order valence-electron chi connectivity index (χ0n) is 21.0. The largest absolute Gasteiger partial charge is 0.336 e. The number of rotatable bonds is 7. The monoisotopic (exact) mass is 552 g/mol. The van der Waals surface area contributed by atoms with Crippen molar-refractivity contribution in [1.29, 1.82) is 0 Å². The lowest BCUT2D eigenvalue weighted by molar-refractivity contribution is 0.0525. The summed E-state index contributed by atoms with van der Waals surface area (Å²) >= 11 is 13.2. The molecule has 0 aliphatic carbocycles. The first-order chi connectivity index (χ1) is 17.4. The van der Waals surface area contributed by atoms with Crippen LogP contribution in [0.2, 0.25) is 10.0 Å². The fraction of sp³-hybridized carbons (Fsp3) is 0.407. The number of imidazole rings is 1. The predicted molar refractivity (Wildman–Crippen MR) is 142 cm³/mol. The van der Waals surface area contributed by atoms with Gasteiger partial charge in [0.1, 0.15) is 12.0 Å². The van der Waals surface area contributed by atoms with Crippen LogP contribution in [0.15, 0.2) is 36.9 Å². The molecule has 0 radical (unpaired) electrons. The first-order valence-electron chi connectivity index (χ1n) is 12.0. The molecular formula is C27H29Cl2F3N4O. The lowest BCUT2D eigenvalue weighted by atomic mass is 10.0. The summed E-state index contributed by atoms with van der Waals surface area (Å²) in [5.74, 6) is -2.81. The van der Waals surface area contributed by atoms with E-state index in [-0.39, 0.29) is 22.9 Å². The van der Waals surface area contributed by atoms with Gasteiger partial charge < -0.3 is 9.47 Å². The van der Waals surface area contributed by atoms with Crippen molar-refractivity contribution in [3.8, 4) is 0 Å². The lowest BCUT2D eigenvalue weighted by Crippen LogP contribution is -2.49. The molecule has 3 aromatic rings. The number of allylic oxidation sites excluding steroid dienone is 1. The Hall–Kier alpha value is -2.55. The summed E-state index contributed by atoms with van der Waals surface area (Å²) in [6.45, 7) is 8.96. The number of carbonyl (C=O) groups is 1. The Labute approximate surface area is 224 Å². The Balaban J connectivity index is 1.63. The van der Waals surface area contributed by atoms with E-state index >= 15 is 0 Å². The van der Waals surface area contributed by atoms with Crippen molar-refractivity contribution in [3.63, 3.8) is 0 Å². The van der Waals surface area contributed by atoms with Gasteiger partial charge in [0.05, 0.1) is 21.6 Å². The van der Waals surface area contributed by atoms with E-state index in [1.165, 1.54) is 19.1 Å². The second-order valence-corrected chi connectivity index (χ2v) is 10.3. The van der Waals surface area contributed by atoms with Crippen LogP contribution in [0, 0.1) is 6.92 Å². The Kier molecular flexibility index (Phi) is 7.93. The van der Waals surface area contributed by atoms with E-state index in [1.807, 2.05) is 4.90 Å². The number of aryl methyl sites for hydroxylation is 2. The molecule has 1 unspecified atom stereocenters. The number of carbonyl (C=O) groups excluding carboxylic acids is 1. The minimum atomic E-state index is -3.17. The first-order valence-corrected chi connectivity index (χ1v) is 12.8. The molecule has 1 aliphatic heterocycles. The van der Waals surface area contributed by atoms with Crippen LogP contribution in [0.25, 0.3) is 11.0 Å². The molecule has 1 aliphatic rings. The summed E-state index contributed by atoms with van der Waals surface area (Å²) in [7, 11) is 1.74. The number of amides is 1. The molecule has 4 rings (SSSR count). The summed E-state index contributed by atoms with van der Waals surface area (Å²) in [6.07, 6.45) is -0.0974.